The number of carbonyl (C=O) groups is 1. The van der Waals surface area contributed by atoms with E-state index in [0.29, 0.717) is 36.8 Å². The topological polar surface area (TPSA) is 69.5 Å². The van der Waals surface area contributed by atoms with E-state index in [1.54, 1.807) is 17.2 Å². The van der Waals surface area contributed by atoms with Gasteiger partial charge in [0.25, 0.3) is 0 Å². The van der Waals surface area contributed by atoms with E-state index < -0.39 is 5.60 Å². The number of hydrogen-bond donors (Lipinski definition) is 0. The number of carbonyl (C=O) groups excluding carboxylic acids is 1. The SMILES string of the molecule is CC(C)(C)OC(=O)N1CCN(c2c(C#N)cnc3ccc(Cl)cc23)CC1. The molecule has 0 radical (unpaired) electrons. The normalized spacial score (nSPS) is 15.0. The molecule has 136 valence electrons. The minimum absolute atomic E-state index is 0.305. The van der Waals surface area contributed by atoms with Gasteiger partial charge in [0.1, 0.15) is 11.7 Å². The number of fused-ring (bicyclic) bond motifs is 1. The van der Waals surface area contributed by atoms with Gasteiger partial charge in [0.15, 0.2) is 0 Å². The molecule has 1 saturated heterocycles. The molecule has 1 fully saturated rings. The van der Waals surface area contributed by atoms with E-state index in [-0.39, 0.29) is 6.09 Å². The minimum atomic E-state index is -0.514. The van der Waals surface area contributed by atoms with Crippen molar-refractivity contribution in [3.63, 3.8) is 0 Å². The lowest BCUT2D eigenvalue weighted by Gasteiger charge is -2.37. The van der Waals surface area contributed by atoms with Crippen molar-refractivity contribution >= 4 is 34.3 Å². The summed E-state index contributed by atoms with van der Waals surface area (Å²) in [5.41, 5.74) is 1.60. The van der Waals surface area contributed by atoms with Crippen LogP contribution in [0, 0.1) is 11.3 Å². The Labute approximate surface area is 157 Å². The maximum Gasteiger partial charge on any atom is 0.410 e. The van der Waals surface area contributed by atoms with Crippen LogP contribution in [0.3, 0.4) is 0 Å². The van der Waals surface area contributed by atoms with E-state index in [1.165, 1.54) is 0 Å². The minimum Gasteiger partial charge on any atom is -0.444 e. The lowest BCUT2D eigenvalue weighted by atomic mass is 10.1. The summed E-state index contributed by atoms with van der Waals surface area (Å²) in [4.78, 5) is 20.4. The molecule has 1 amide bonds. The van der Waals surface area contributed by atoms with Gasteiger partial charge < -0.3 is 14.5 Å². The highest BCUT2D eigenvalue weighted by Crippen LogP contribution is 2.32. The van der Waals surface area contributed by atoms with Crippen molar-refractivity contribution in [2.24, 2.45) is 0 Å². The van der Waals surface area contributed by atoms with Crippen LogP contribution in [0.5, 0.6) is 0 Å². The largest absolute Gasteiger partial charge is 0.444 e. The molecule has 26 heavy (non-hydrogen) atoms. The molecule has 0 aliphatic carbocycles. The number of halogens is 1. The molecule has 0 saturated carbocycles. The highest BCUT2D eigenvalue weighted by atomic mass is 35.5. The van der Waals surface area contributed by atoms with E-state index in [1.807, 2.05) is 32.9 Å². The Morgan fingerprint density at radius 2 is 1.96 bits per heavy atom. The summed E-state index contributed by atoms with van der Waals surface area (Å²) in [6.07, 6.45) is 1.28. The second-order valence-electron chi connectivity index (χ2n) is 7.25. The molecule has 3 rings (SSSR count). The fourth-order valence-corrected chi connectivity index (χ4v) is 3.18. The molecule has 7 heteroatoms. The van der Waals surface area contributed by atoms with Gasteiger partial charge in [-0.1, -0.05) is 11.6 Å². The van der Waals surface area contributed by atoms with Gasteiger partial charge in [-0.2, -0.15) is 5.26 Å². The van der Waals surface area contributed by atoms with Gasteiger partial charge in [0, 0.05) is 42.8 Å². The fourth-order valence-electron chi connectivity index (χ4n) is 3.01. The van der Waals surface area contributed by atoms with Crippen LogP contribution in [0.4, 0.5) is 10.5 Å². The molecule has 2 aromatic rings. The number of piperazine rings is 1. The van der Waals surface area contributed by atoms with Gasteiger partial charge in [-0.25, -0.2) is 4.79 Å². The van der Waals surface area contributed by atoms with E-state index in [0.717, 1.165) is 16.6 Å². The molecule has 1 aromatic heterocycles. The van der Waals surface area contributed by atoms with Crippen molar-refractivity contribution in [3.05, 3.63) is 35.0 Å². The van der Waals surface area contributed by atoms with E-state index in [9.17, 15) is 10.1 Å². The molecule has 0 N–H and O–H groups in total. The molecule has 1 aliphatic rings. The van der Waals surface area contributed by atoms with Crippen molar-refractivity contribution < 1.29 is 9.53 Å². The first-order chi connectivity index (χ1) is 12.3. The average Bonchev–Trinajstić information content (AvgIpc) is 2.59. The second kappa shape index (κ2) is 7.00. The van der Waals surface area contributed by atoms with Crippen LogP contribution in [-0.4, -0.2) is 47.8 Å². The van der Waals surface area contributed by atoms with Crippen molar-refractivity contribution in [1.29, 1.82) is 5.26 Å². The zero-order chi connectivity index (χ0) is 18.9. The number of amides is 1. The quantitative estimate of drug-likeness (QED) is 0.761. The number of anilines is 1. The van der Waals surface area contributed by atoms with Crippen LogP contribution >= 0.6 is 11.6 Å². The maximum absolute atomic E-state index is 12.2. The Morgan fingerprint density at radius 1 is 1.27 bits per heavy atom. The summed E-state index contributed by atoms with van der Waals surface area (Å²) >= 11 is 6.15. The van der Waals surface area contributed by atoms with E-state index >= 15 is 0 Å². The van der Waals surface area contributed by atoms with Crippen LogP contribution in [0.1, 0.15) is 26.3 Å². The molecule has 2 heterocycles. The Morgan fingerprint density at radius 3 is 2.58 bits per heavy atom. The molecule has 1 aromatic carbocycles. The first kappa shape index (κ1) is 18.3. The van der Waals surface area contributed by atoms with Crippen LogP contribution in [-0.2, 0) is 4.74 Å². The molecular weight excluding hydrogens is 352 g/mol. The van der Waals surface area contributed by atoms with Gasteiger partial charge in [0.05, 0.1) is 16.8 Å². The molecular formula is C19H21ClN4O2. The van der Waals surface area contributed by atoms with Crippen LogP contribution in [0.15, 0.2) is 24.4 Å². The number of rotatable bonds is 1. The lowest BCUT2D eigenvalue weighted by Crippen LogP contribution is -2.50. The number of nitriles is 1. The average molecular weight is 373 g/mol. The molecule has 1 aliphatic heterocycles. The van der Waals surface area contributed by atoms with Crippen molar-refractivity contribution in [3.8, 4) is 6.07 Å². The van der Waals surface area contributed by atoms with Crippen molar-refractivity contribution in [1.82, 2.24) is 9.88 Å². The summed E-state index contributed by atoms with van der Waals surface area (Å²) in [5.74, 6) is 0. The second-order valence-corrected chi connectivity index (χ2v) is 7.68. The predicted molar refractivity (Wildman–Crippen MR) is 101 cm³/mol. The Bertz CT molecular complexity index is 877. The van der Waals surface area contributed by atoms with E-state index in [2.05, 4.69) is 16.0 Å². The number of ether oxygens (including phenoxy) is 1. The standard InChI is InChI=1S/C19H21ClN4O2/c1-19(2,3)26-18(25)24-8-6-23(7-9-24)17-13(11-21)12-22-16-5-4-14(20)10-15(16)17/h4-5,10,12H,6-9H2,1-3H3. The monoisotopic (exact) mass is 372 g/mol. The summed E-state index contributed by atoms with van der Waals surface area (Å²) in [5, 5.41) is 11.0. The Kier molecular flexibility index (Phi) is 4.92. The molecule has 0 unspecified atom stereocenters. The first-order valence-electron chi connectivity index (χ1n) is 8.50. The zero-order valence-corrected chi connectivity index (χ0v) is 15.9. The lowest BCUT2D eigenvalue weighted by molar-refractivity contribution is 0.0240. The predicted octanol–water partition coefficient (Wildman–Crippen LogP) is 3.82. The Balaban J connectivity index is 1.85. The molecule has 0 atom stereocenters. The summed E-state index contributed by atoms with van der Waals surface area (Å²) in [7, 11) is 0. The third kappa shape index (κ3) is 3.83. The molecule has 0 spiro atoms. The third-order valence-corrected chi connectivity index (χ3v) is 4.40. The summed E-state index contributed by atoms with van der Waals surface area (Å²) in [6, 6.07) is 7.68. The number of nitrogens with zero attached hydrogens (tertiary/aromatic N) is 4. The zero-order valence-electron chi connectivity index (χ0n) is 15.1. The van der Waals surface area contributed by atoms with E-state index in [4.69, 9.17) is 16.3 Å². The number of pyridine rings is 1. The van der Waals surface area contributed by atoms with Gasteiger partial charge in [-0.05, 0) is 39.0 Å². The van der Waals surface area contributed by atoms with Gasteiger partial charge in [0.2, 0.25) is 0 Å². The van der Waals surface area contributed by atoms with Crippen LogP contribution in [0.25, 0.3) is 10.9 Å². The van der Waals surface area contributed by atoms with Crippen LogP contribution < -0.4 is 4.90 Å². The van der Waals surface area contributed by atoms with Gasteiger partial charge in [-0.3, -0.25) is 4.98 Å². The third-order valence-electron chi connectivity index (χ3n) is 4.17. The maximum atomic E-state index is 12.2. The number of aromatic nitrogens is 1. The van der Waals surface area contributed by atoms with Gasteiger partial charge >= 0.3 is 6.09 Å². The smallest absolute Gasteiger partial charge is 0.410 e. The van der Waals surface area contributed by atoms with Crippen molar-refractivity contribution in [2.45, 2.75) is 26.4 Å². The number of benzene rings is 1. The Hall–Kier alpha value is -2.52. The number of hydrogen-bond acceptors (Lipinski definition) is 5. The van der Waals surface area contributed by atoms with Crippen molar-refractivity contribution in [2.75, 3.05) is 31.1 Å². The summed E-state index contributed by atoms with van der Waals surface area (Å²) in [6.45, 7) is 7.85. The summed E-state index contributed by atoms with van der Waals surface area (Å²) < 4.78 is 5.44. The molecule has 6 nitrogen and oxygen atoms in total. The first-order valence-corrected chi connectivity index (χ1v) is 8.87. The highest BCUT2D eigenvalue weighted by molar-refractivity contribution is 6.31. The van der Waals surface area contributed by atoms with Gasteiger partial charge in [-0.15, -0.1) is 0 Å². The fraction of sp³-hybridized carbons (Fsp3) is 0.421. The van der Waals surface area contributed by atoms with Crippen LogP contribution in [0.2, 0.25) is 5.02 Å². The highest BCUT2D eigenvalue weighted by Gasteiger charge is 2.27. The molecule has 0 bridgehead atoms.